The topological polar surface area (TPSA) is 79.8 Å². The Morgan fingerprint density at radius 2 is 1.88 bits per heavy atom. The highest BCUT2D eigenvalue weighted by Crippen LogP contribution is 2.25. The summed E-state index contributed by atoms with van der Waals surface area (Å²) in [5.74, 6) is -0.750. The molecule has 8 heteroatoms. The first-order valence-electron chi connectivity index (χ1n) is 8.38. The molecule has 2 N–H and O–H groups in total. The van der Waals surface area contributed by atoms with Gasteiger partial charge in [-0.15, -0.1) is 0 Å². The summed E-state index contributed by atoms with van der Waals surface area (Å²) in [6, 6.07) is 4.61. The third-order valence-corrected chi connectivity index (χ3v) is 3.77. The molecule has 140 valence electrons. The highest BCUT2D eigenvalue weighted by molar-refractivity contribution is 5.88. The average molecular weight is 363 g/mol. The number of benzene rings is 1. The van der Waals surface area contributed by atoms with Crippen LogP contribution in [0.25, 0.3) is 0 Å². The van der Waals surface area contributed by atoms with Crippen LogP contribution >= 0.6 is 0 Å². The number of anilines is 2. The Morgan fingerprint density at radius 1 is 1.23 bits per heavy atom. The zero-order valence-corrected chi connectivity index (χ0v) is 15.5. The van der Waals surface area contributed by atoms with E-state index in [9.17, 15) is 13.6 Å². The molecule has 1 amide bonds. The summed E-state index contributed by atoms with van der Waals surface area (Å²) in [5, 5.41) is 5.45. The standard InChI is InChI=1S/C18H23F2N5O/c1-6-13(26)22-17-24-15(18(4,5)20)23-16(25-17)21-11(3)12-9-7-8-10(2)14(12)19/h7-9,11H,6H2,1-5H3,(H2,21,22,23,24,25,26). The zero-order valence-electron chi connectivity index (χ0n) is 15.5. The molecule has 1 atom stereocenters. The summed E-state index contributed by atoms with van der Waals surface area (Å²) >= 11 is 0. The number of carbonyl (C=O) groups excluding carboxylic acids is 1. The van der Waals surface area contributed by atoms with Gasteiger partial charge in [-0.25, -0.2) is 8.78 Å². The van der Waals surface area contributed by atoms with Crippen molar-refractivity contribution in [3.8, 4) is 0 Å². The predicted molar refractivity (Wildman–Crippen MR) is 96.1 cm³/mol. The third kappa shape index (κ3) is 4.71. The lowest BCUT2D eigenvalue weighted by Gasteiger charge is -2.19. The Kier molecular flexibility index (Phi) is 5.84. The molecule has 0 bridgehead atoms. The Balaban J connectivity index is 2.36. The molecule has 1 unspecified atom stereocenters. The van der Waals surface area contributed by atoms with Crippen molar-refractivity contribution in [2.45, 2.75) is 52.8 Å². The molecule has 26 heavy (non-hydrogen) atoms. The van der Waals surface area contributed by atoms with Gasteiger partial charge in [0, 0.05) is 12.0 Å². The van der Waals surface area contributed by atoms with Gasteiger partial charge in [-0.05, 0) is 33.3 Å². The van der Waals surface area contributed by atoms with Crippen molar-refractivity contribution in [1.29, 1.82) is 0 Å². The maximum Gasteiger partial charge on any atom is 0.234 e. The highest BCUT2D eigenvalue weighted by Gasteiger charge is 2.25. The summed E-state index contributed by atoms with van der Waals surface area (Å²) < 4.78 is 28.6. The van der Waals surface area contributed by atoms with E-state index in [2.05, 4.69) is 25.6 Å². The number of amides is 1. The number of halogens is 2. The molecule has 0 radical (unpaired) electrons. The van der Waals surface area contributed by atoms with Crippen molar-refractivity contribution in [3.63, 3.8) is 0 Å². The molecule has 0 spiro atoms. The summed E-state index contributed by atoms with van der Waals surface area (Å²) in [4.78, 5) is 23.7. The van der Waals surface area contributed by atoms with Crippen LogP contribution in [0.15, 0.2) is 18.2 Å². The lowest BCUT2D eigenvalue weighted by Crippen LogP contribution is -2.21. The van der Waals surface area contributed by atoms with Crippen molar-refractivity contribution in [2.75, 3.05) is 10.6 Å². The number of hydrogen-bond acceptors (Lipinski definition) is 5. The van der Waals surface area contributed by atoms with Crippen molar-refractivity contribution < 1.29 is 13.6 Å². The summed E-state index contributed by atoms with van der Waals surface area (Å²) in [5.41, 5.74) is -0.873. The highest BCUT2D eigenvalue weighted by atomic mass is 19.1. The predicted octanol–water partition coefficient (Wildman–Crippen LogP) is 4.05. The number of alkyl halides is 1. The van der Waals surface area contributed by atoms with Gasteiger partial charge in [-0.1, -0.05) is 25.1 Å². The monoisotopic (exact) mass is 363 g/mol. The van der Waals surface area contributed by atoms with Crippen LogP contribution in [0, 0.1) is 12.7 Å². The molecule has 1 aromatic heterocycles. The van der Waals surface area contributed by atoms with E-state index in [4.69, 9.17) is 0 Å². The molecule has 1 heterocycles. The lowest BCUT2D eigenvalue weighted by atomic mass is 10.0. The van der Waals surface area contributed by atoms with E-state index in [1.807, 2.05) is 0 Å². The van der Waals surface area contributed by atoms with Gasteiger partial charge < -0.3 is 5.32 Å². The molecule has 0 saturated heterocycles. The second-order valence-corrected chi connectivity index (χ2v) is 6.52. The van der Waals surface area contributed by atoms with Crippen LogP contribution in [0.4, 0.5) is 20.7 Å². The summed E-state index contributed by atoms with van der Waals surface area (Å²) in [6.45, 7) is 7.71. The largest absolute Gasteiger partial charge is 0.347 e. The fourth-order valence-corrected chi connectivity index (χ4v) is 2.25. The minimum absolute atomic E-state index is 0.0491. The molecule has 0 saturated carbocycles. The normalized spacial score (nSPS) is 12.6. The molecular weight excluding hydrogens is 340 g/mol. The van der Waals surface area contributed by atoms with Gasteiger partial charge >= 0.3 is 0 Å². The number of aromatic nitrogens is 3. The minimum Gasteiger partial charge on any atom is -0.347 e. The molecule has 0 aliphatic rings. The Bertz CT molecular complexity index is 805. The van der Waals surface area contributed by atoms with E-state index in [0.29, 0.717) is 11.1 Å². The smallest absolute Gasteiger partial charge is 0.234 e. The van der Waals surface area contributed by atoms with E-state index in [0.717, 1.165) is 0 Å². The van der Waals surface area contributed by atoms with Crippen LogP contribution in [-0.2, 0) is 10.5 Å². The number of hydrogen-bond donors (Lipinski definition) is 2. The van der Waals surface area contributed by atoms with E-state index in [1.54, 1.807) is 39.0 Å². The van der Waals surface area contributed by atoms with Crippen LogP contribution in [-0.4, -0.2) is 20.9 Å². The fourth-order valence-electron chi connectivity index (χ4n) is 2.25. The average Bonchev–Trinajstić information content (AvgIpc) is 2.56. The Morgan fingerprint density at radius 3 is 2.50 bits per heavy atom. The number of nitrogens with one attached hydrogen (secondary N) is 2. The maximum absolute atomic E-state index is 14.3. The van der Waals surface area contributed by atoms with Gasteiger partial charge in [0.25, 0.3) is 0 Å². The Labute approximate surface area is 151 Å². The van der Waals surface area contributed by atoms with Gasteiger partial charge in [0.15, 0.2) is 11.5 Å². The molecule has 2 aromatic rings. The second kappa shape index (κ2) is 7.72. The number of nitrogens with zero attached hydrogens (tertiary/aromatic N) is 3. The first-order chi connectivity index (χ1) is 12.1. The molecule has 6 nitrogen and oxygen atoms in total. The first-order valence-corrected chi connectivity index (χ1v) is 8.38. The lowest BCUT2D eigenvalue weighted by molar-refractivity contribution is -0.115. The molecule has 0 aliphatic heterocycles. The van der Waals surface area contributed by atoms with Gasteiger partial charge in [0.1, 0.15) is 5.82 Å². The number of aryl methyl sites for hydroxylation is 1. The van der Waals surface area contributed by atoms with Gasteiger partial charge in [-0.2, -0.15) is 15.0 Å². The molecule has 2 rings (SSSR count). The van der Waals surface area contributed by atoms with Crippen molar-refractivity contribution in [1.82, 2.24) is 15.0 Å². The van der Waals surface area contributed by atoms with Crippen LogP contribution in [0.2, 0.25) is 0 Å². The number of rotatable bonds is 6. The van der Waals surface area contributed by atoms with Crippen molar-refractivity contribution in [3.05, 3.63) is 41.0 Å². The van der Waals surface area contributed by atoms with Crippen molar-refractivity contribution >= 4 is 17.8 Å². The molecule has 0 aliphatic carbocycles. The minimum atomic E-state index is -1.83. The quantitative estimate of drug-likeness (QED) is 0.809. The van der Waals surface area contributed by atoms with E-state index < -0.39 is 11.7 Å². The first kappa shape index (κ1) is 19.7. The molecule has 0 fully saturated rings. The fraction of sp³-hybridized carbons (Fsp3) is 0.444. The third-order valence-electron chi connectivity index (χ3n) is 3.77. The summed E-state index contributed by atoms with van der Waals surface area (Å²) in [7, 11) is 0. The summed E-state index contributed by atoms with van der Waals surface area (Å²) in [6.07, 6.45) is 0.230. The van der Waals surface area contributed by atoms with Crippen molar-refractivity contribution in [2.24, 2.45) is 0 Å². The van der Waals surface area contributed by atoms with Crippen LogP contribution in [0.3, 0.4) is 0 Å². The molecular formula is C18H23F2N5O. The Hall–Kier alpha value is -2.64. The van der Waals surface area contributed by atoms with E-state index in [-0.39, 0.29) is 35.9 Å². The van der Waals surface area contributed by atoms with Crippen LogP contribution in [0.1, 0.15) is 57.1 Å². The maximum atomic E-state index is 14.3. The van der Waals surface area contributed by atoms with E-state index in [1.165, 1.54) is 13.8 Å². The van der Waals surface area contributed by atoms with E-state index >= 15 is 0 Å². The number of carbonyl (C=O) groups is 1. The zero-order chi connectivity index (χ0) is 19.5. The molecule has 1 aromatic carbocycles. The van der Waals surface area contributed by atoms with Gasteiger partial charge in [0.2, 0.25) is 17.8 Å². The van der Waals surface area contributed by atoms with Gasteiger partial charge in [0.05, 0.1) is 6.04 Å². The van der Waals surface area contributed by atoms with Crippen LogP contribution < -0.4 is 10.6 Å². The van der Waals surface area contributed by atoms with Crippen LogP contribution in [0.5, 0.6) is 0 Å². The van der Waals surface area contributed by atoms with Gasteiger partial charge in [-0.3, -0.25) is 10.1 Å². The SMILES string of the molecule is CCC(=O)Nc1nc(NC(C)c2cccc(C)c2F)nc(C(C)(C)F)n1. The second-order valence-electron chi connectivity index (χ2n) is 6.52.